The van der Waals surface area contributed by atoms with Gasteiger partial charge in [-0.25, -0.2) is 0 Å². The van der Waals surface area contributed by atoms with Crippen LogP contribution in [-0.4, -0.2) is 5.11 Å². The summed E-state index contributed by atoms with van der Waals surface area (Å²) in [7, 11) is 0. The van der Waals surface area contributed by atoms with Crippen molar-refractivity contribution in [3.05, 3.63) is 64.9 Å². The van der Waals surface area contributed by atoms with Gasteiger partial charge in [-0.05, 0) is 28.6 Å². The average molecular weight is 242 g/mol. The number of phenols is 1. The number of rotatable bonds is 0. The van der Waals surface area contributed by atoms with E-state index in [0.717, 1.165) is 16.3 Å². The van der Waals surface area contributed by atoms with Crippen molar-refractivity contribution in [3.63, 3.8) is 0 Å². The quantitative estimate of drug-likeness (QED) is 0.610. The molecule has 86 valence electrons. The van der Waals surface area contributed by atoms with Crippen LogP contribution in [0.4, 0.5) is 0 Å². The maximum Gasteiger partial charge on any atom is 0.126 e. The summed E-state index contributed by atoms with van der Waals surface area (Å²) in [5.41, 5.74) is 0.925. The molecule has 1 heterocycles. The molecule has 0 saturated carbocycles. The van der Waals surface area contributed by atoms with Crippen molar-refractivity contribution in [1.29, 1.82) is 0 Å². The van der Waals surface area contributed by atoms with Crippen LogP contribution in [0, 0.1) is 6.92 Å². The van der Waals surface area contributed by atoms with Gasteiger partial charge in [0, 0.05) is 5.39 Å². The fourth-order valence-electron chi connectivity index (χ4n) is 1.59. The van der Waals surface area contributed by atoms with E-state index < -0.39 is 0 Å². The van der Waals surface area contributed by atoms with Gasteiger partial charge in [0.05, 0.1) is 0 Å². The van der Waals surface area contributed by atoms with Gasteiger partial charge in [0.1, 0.15) is 5.75 Å². The van der Waals surface area contributed by atoms with Crippen LogP contribution in [0.1, 0.15) is 5.56 Å². The van der Waals surface area contributed by atoms with E-state index in [0.29, 0.717) is 5.75 Å². The summed E-state index contributed by atoms with van der Waals surface area (Å²) in [6.07, 6.45) is 0. The molecule has 0 radical (unpaired) electrons. The largest absolute Gasteiger partial charge is 0.507 e. The first-order valence-corrected chi connectivity index (χ1v) is 6.38. The summed E-state index contributed by atoms with van der Waals surface area (Å²) < 4.78 is 0. The highest BCUT2D eigenvalue weighted by molar-refractivity contribution is 7.07. The lowest BCUT2D eigenvalue weighted by atomic mass is 10.1. The zero-order valence-electron chi connectivity index (χ0n) is 9.63. The predicted molar refractivity (Wildman–Crippen MR) is 74.7 cm³/mol. The molecule has 1 N–H and O–H groups in total. The molecule has 0 spiro atoms. The van der Waals surface area contributed by atoms with E-state index in [9.17, 15) is 5.11 Å². The third-order valence-corrected chi connectivity index (χ3v) is 3.16. The normalized spacial score (nSPS) is 9.71. The third-order valence-electron chi connectivity index (χ3n) is 2.53. The lowest BCUT2D eigenvalue weighted by Gasteiger charge is -2.02. The number of aromatic hydroxyl groups is 1. The standard InChI is InChI=1S/C11H10O.C4H4S/c1-8-6-7-9-4-2-3-5-10(9)11(8)12;1-2-4-5-3-1/h2-7,12H,1H3;1-4H. The van der Waals surface area contributed by atoms with Crippen LogP contribution in [-0.2, 0) is 0 Å². The minimum Gasteiger partial charge on any atom is -0.507 e. The highest BCUT2D eigenvalue weighted by Crippen LogP contribution is 2.27. The van der Waals surface area contributed by atoms with Gasteiger partial charge in [-0.3, -0.25) is 0 Å². The number of fused-ring (bicyclic) bond motifs is 1. The summed E-state index contributed by atoms with van der Waals surface area (Å²) in [4.78, 5) is 0. The first-order chi connectivity index (χ1) is 8.29. The van der Waals surface area contributed by atoms with Gasteiger partial charge < -0.3 is 5.11 Å². The summed E-state index contributed by atoms with van der Waals surface area (Å²) in [6, 6.07) is 15.8. The van der Waals surface area contributed by atoms with Crippen molar-refractivity contribution in [1.82, 2.24) is 0 Å². The van der Waals surface area contributed by atoms with E-state index >= 15 is 0 Å². The molecular formula is C15H14OS. The highest BCUT2D eigenvalue weighted by atomic mass is 32.1. The molecule has 0 aliphatic carbocycles. The third kappa shape index (κ3) is 2.86. The first-order valence-electron chi connectivity index (χ1n) is 5.43. The molecule has 0 saturated heterocycles. The Kier molecular flexibility index (Phi) is 3.78. The molecule has 2 heteroatoms. The van der Waals surface area contributed by atoms with E-state index in [4.69, 9.17) is 0 Å². The van der Waals surface area contributed by atoms with Gasteiger partial charge in [0.15, 0.2) is 0 Å². The lowest BCUT2D eigenvalue weighted by molar-refractivity contribution is 0.477. The Morgan fingerprint density at radius 1 is 0.882 bits per heavy atom. The highest BCUT2D eigenvalue weighted by Gasteiger charge is 2.00. The van der Waals surface area contributed by atoms with Crippen molar-refractivity contribution < 1.29 is 5.11 Å². The molecule has 0 atom stereocenters. The van der Waals surface area contributed by atoms with Crippen molar-refractivity contribution >= 4 is 22.1 Å². The van der Waals surface area contributed by atoms with Gasteiger partial charge >= 0.3 is 0 Å². The number of hydrogen-bond acceptors (Lipinski definition) is 2. The first kappa shape index (κ1) is 11.7. The van der Waals surface area contributed by atoms with Crippen LogP contribution in [0.15, 0.2) is 59.3 Å². The van der Waals surface area contributed by atoms with Crippen LogP contribution in [0.5, 0.6) is 5.75 Å². The summed E-state index contributed by atoms with van der Waals surface area (Å²) in [5, 5.41) is 15.8. The van der Waals surface area contributed by atoms with Gasteiger partial charge in [-0.2, -0.15) is 11.3 Å². The zero-order chi connectivity index (χ0) is 12.1. The monoisotopic (exact) mass is 242 g/mol. The molecule has 1 aromatic heterocycles. The Balaban J connectivity index is 0.000000181. The Bertz CT molecular complexity index is 568. The molecule has 1 nitrogen and oxygen atoms in total. The molecule has 17 heavy (non-hydrogen) atoms. The molecule has 0 bridgehead atoms. The number of aryl methyl sites for hydroxylation is 1. The minimum atomic E-state index is 0.396. The molecule has 3 rings (SSSR count). The van der Waals surface area contributed by atoms with Gasteiger partial charge in [-0.1, -0.05) is 48.5 Å². The second-order valence-electron chi connectivity index (χ2n) is 3.75. The van der Waals surface area contributed by atoms with Crippen LogP contribution in [0.25, 0.3) is 10.8 Å². The molecule has 3 aromatic rings. The SMILES string of the molecule is Cc1ccc2ccccc2c1O.c1ccsc1. The van der Waals surface area contributed by atoms with Gasteiger partial charge in [-0.15, -0.1) is 0 Å². The van der Waals surface area contributed by atoms with Crippen LogP contribution < -0.4 is 0 Å². The van der Waals surface area contributed by atoms with Crippen molar-refractivity contribution in [2.75, 3.05) is 0 Å². The van der Waals surface area contributed by atoms with Crippen LogP contribution >= 0.6 is 11.3 Å². The van der Waals surface area contributed by atoms with E-state index in [-0.39, 0.29) is 0 Å². The second-order valence-corrected chi connectivity index (χ2v) is 4.56. The minimum absolute atomic E-state index is 0.396. The maximum atomic E-state index is 9.66. The smallest absolute Gasteiger partial charge is 0.126 e. The molecule has 0 aliphatic heterocycles. The molecule has 0 aliphatic rings. The Hall–Kier alpha value is -1.80. The molecule has 0 amide bonds. The van der Waals surface area contributed by atoms with E-state index in [2.05, 4.69) is 0 Å². The topological polar surface area (TPSA) is 20.2 Å². The number of thiophene rings is 1. The van der Waals surface area contributed by atoms with Crippen LogP contribution in [0.3, 0.4) is 0 Å². The number of benzene rings is 2. The Labute approximate surface area is 105 Å². The maximum absolute atomic E-state index is 9.66. The molecule has 2 aromatic carbocycles. The van der Waals surface area contributed by atoms with Crippen molar-refractivity contribution in [2.45, 2.75) is 6.92 Å². The average Bonchev–Trinajstić information content (AvgIpc) is 2.93. The van der Waals surface area contributed by atoms with Crippen molar-refractivity contribution in [2.24, 2.45) is 0 Å². The van der Waals surface area contributed by atoms with E-state index in [1.54, 1.807) is 11.3 Å². The number of hydrogen-bond donors (Lipinski definition) is 1. The predicted octanol–water partition coefficient (Wildman–Crippen LogP) is 4.60. The molecule has 0 fully saturated rings. The summed E-state index contributed by atoms with van der Waals surface area (Å²) >= 11 is 1.71. The fourth-order valence-corrected chi connectivity index (χ4v) is 2.04. The Morgan fingerprint density at radius 2 is 1.59 bits per heavy atom. The second kappa shape index (κ2) is 5.51. The van der Waals surface area contributed by atoms with Crippen LogP contribution in [0.2, 0.25) is 0 Å². The van der Waals surface area contributed by atoms with Gasteiger partial charge in [0.25, 0.3) is 0 Å². The van der Waals surface area contributed by atoms with Crippen molar-refractivity contribution in [3.8, 4) is 5.75 Å². The Morgan fingerprint density at radius 3 is 2.24 bits per heavy atom. The lowest BCUT2D eigenvalue weighted by Crippen LogP contribution is -1.77. The van der Waals surface area contributed by atoms with E-state index in [1.165, 1.54) is 0 Å². The summed E-state index contributed by atoms with van der Waals surface area (Å²) in [6.45, 7) is 1.90. The molecule has 0 unspecified atom stereocenters. The van der Waals surface area contributed by atoms with E-state index in [1.807, 2.05) is 66.2 Å². The number of phenolic OH excluding ortho intramolecular Hbond substituents is 1. The van der Waals surface area contributed by atoms with Gasteiger partial charge in [0.2, 0.25) is 0 Å². The fraction of sp³-hybridized carbons (Fsp3) is 0.0667. The molecular weight excluding hydrogens is 228 g/mol. The zero-order valence-corrected chi connectivity index (χ0v) is 10.4. The summed E-state index contributed by atoms with van der Waals surface area (Å²) in [5.74, 6) is 0.396.